The monoisotopic (exact) mass is 198 g/mol. The van der Waals surface area contributed by atoms with Gasteiger partial charge in [0.1, 0.15) is 0 Å². The molecule has 1 N–H and O–H groups in total. The Bertz CT molecular complexity index is 209. The lowest BCUT2D eigenvalue weighted by Crippen LogP contribution is -2.44. The molecule has 0 radical (unpaired) electrons. The Hall–Kier alpha value is -0.120. The smallest absolute Gasteiger partial charge is 0.0720 e. The zero-order chi connectivity index (χ0) is 10.3. The van der Waals surface area contributed by atoms with Crippen LogP contribution >= 0.6 is 0 Å². The molecule has 0 aromatic rings. The maximum atomic E-state index is 9.90. The van der Waals surface area contributed by atoms with Gasteiger partial charge in [0.2, 0.25) is 0 Å². The molecule has 0 saturated carbocycles. The summed E-state index contributed by atoms with van der Waals surface area (Å²) in [5.41, 5.74) is 0. The Labute approximate surface area is 86.7 Å². The lowest BCUT2D eigenvalue weighted by Gasteiger charge is -2.31. The van der Waals surface area contributed by atoms with Gasteiger partial charge in [-0.1, -0.05) is 6.92 Å². The Kier molecular flexibility index (Phi) is 2.82. The van der Waals surface area contributed by atoms with E-state index in [0.29, 0.717) is 18.0 Å². The minimum atomic E-state index is -0.106. The third-order valence-corrected chi connectivity index (χ3v) is 4.00. The largest absolute Gasteiger partial charge is 0.391 e. The predicted molar refractivity (Wildman–Crippen MR) is 57.2 cm³/mol. The standard InChI is InChI=1S/C11H22N2O/c1-8-6-12(3)7-10-11(14)4-5-13(10)9(8)2/h8-11,14H,4-7H2,1-3H3/t8-,9-,10?,11?/m1/s1. The van der Waals surface area contributed by atoms with Crippen LogP contribution in [0, 0.1) is 5.92 Å². The Morgan fingerprint density at radius 1 is 1.21 bits per heavy atom. The average molecular weight is 198 g/mol. The number of hydrogen-bond acceptors (Lipinski definition) is 3. The van der Waals surface area contributed by atoms with Gasteiger partial charge >= 0.3 is 0 Å². The lowest BCUT2D eigenvalue weighted by atomic mass is 10.0. The highest BCUT2D eigenvalue weighted by molar-refractivity contribution is 4.95. The van der Waals surface area contributed by atoms with Crippen molar-refractivity contribution in [1.29, 1.82) is 0 Å². The lowest BCUT2D eigenvalue weighted by molar-refractivity contribution is 0.0886. The molecule has 2 aliphatic heterocycles. The van der Waals surface area contributed by atoms with E-state index < -0.39 is 0 Å². The fourth-order valence-electron chi connectivity index (χ4n) is 2.96. The zero-order valence-electron chi connectivity index (χ0n) is 9.48. The third kappa shape index (κ3) is 1.69. The Morgan fingerprint density at radius 2 is 1.93 bits per heavy atom. The van der Waals surface area contributed by atoms with Gasteiger partial charge in [-0.25, -0.2) is 0 Å². The topological polar surface area (TPSA) is 26.7 Å². The quantitative estimate of drug-likeness (QED) is 0.610. The highest BCUT2D eigenvalue weighted by Crippen LogP contribution is 2.27. The fraction of sp³-hybridized carbons (Fsp3) is 1.00. The summed E-state index contributed by atoms with van der Waals surface area (Å²) >= 11 is 0. The van der Waals surface area contributed by atoms with Crippen LogP contribution in [-0.2, 0) is 0 Å². The SMILES string of the molecule is C[C@@H]1CN(C)CC2C(O)CCN2[C@@H]1C. The minimum Gasteiger partial charge on any atom is -0.391 e. The number of fused-ring (bicyclic) bond motifs is 1. The van der Waals surface area contributed by atoms with Crippen LogP contribution in [0.5, 0.6) is 0 Å². The maximum absolute atomic E-state index is 9.90. The number of likely N-dealkylation sites (N-methyl/N-ethyl adjacent to an activating group) is 1. The van der Waals surface area contributed by atoms with Crippen molar-refractivity contribution in [3.63, 3.8) is 0 Å². The summed E-state index contributed by atoms with van der Waals surface area (Å²) in [5.74, 6) is 0.704. The van der Waals surface area contributed by atoms with Gasteiger partial charge in [0.25, 0.3) is 0 Å². The molecule has 4 atom stereocenters. The van der Waals surface area contributed by atoms with E-state index in [1.807, 2.05) is 0 Å². The Balaban J connectivity index is 2.15. The first kappa shape index (κ1) is 10.4. The van der Waals surface area contributed by atoms with E-state index in [2.05, 4.69) is 30.7 Å². The number of hydrogen-bond donors (Lipinski definition) is 1. The second kappa shape index (κ2) is 3.80. The van der Waals surface area contributed by atoms with Crippen LogP contribution in [0.4, 0.5) is 0 Å². The third-order valence-electron chi connectivity index (χ3n) is 4.00. The van der Waals surface area contributed by atoms with Crippen molar-refractivity contribution < 1.29 is 5.11 Å². The molecule has 2 fully saturated rings. The van der Waals surface area contributed by atoms with Crippen LogP contribution in [-0.4, -0.2) is 59.8 Å². The molecule has 0 spiro atoms. The van der Waals surface area contributed by atoms with E-state index >= 15 is 0 Å². The molecule has 2 heterocycles. The highest BCUT2D eigenvalue weighted by atomic mass is 16.3. The summed E-state index contributed by atoms with van der Waals surface area (Å²) in [7, 11) is 2.16. The van der Waals surface area contributed by atoms with Gasteiger partial charge in [-0.2, -0.15) is 0 Å². The van der Waals surface area contributed by atoms with E-state index in [4.69, 9.17) is 0 Å². The predicted octanol–water partition coefficient (Wildman–Crippen LogP) is 0.392. The van der Waals surface area contributed by atoms with E-state index in [9.17, 15) is 5.11 Å². The summed E-state index contributed by atoms with van der Waals surface area (Å²) in [6, 6.07) is 0.988. The molecule has 82 valence electrons. The second-order valence-corrected chi connectivity index (χ2v) is 5.10. The van der Waals surface area contributed by atoms with Gasteiger partial charge in [-0.3, -0.25) is 4.90 Å². The molecular formula is C11H22N2O. The van der Waals surface area contributed by atoms with E-state index in [1.54, 1.807) is 0 Å². The second-order valence-electron chi connectivity index (χ2n) is 5.10. The zero-order valence-corrected chi connectivity index (χ0v) is 9.48. The van der Waals surface area contributed by atoms with Crippen molar-refractivity contribution in [2.24, 2.45) is 5.92 Å². The van der Waals surface area contributed by atoms with E-state index in [-0.39, 0.29) is 6.10 Å². The van der Waals surface area contributed by atoms with E-state index in [0.717, 1.165) is 26.1 Å². The van der Waals surface area contributed by atoms with Crippen molar-refractivity contribution >= 4 is 0 Å². The van der Waals surface area contributed by atoms with Gasteiger partial charge < -0.3 is 10.0 Å². The summed E-state index contributed by atoms with van der Waals surface area (Å²) in [6.07, 6.45) is 0.848. The number of rotatable bonds is 0. The molecule has 3 heteroatoms. The molecular weight excluding hydrogens is 176 g/mol. The van der Waals surface area contributed by atoms with Crippen molar-refractivity contribution in [2.45, 2.75) is 38.5 Å². The normalized spacial score (nSPS) is 46.3. The van der Waals surface area contributed by atoms with Gasteiger partial charge in [-0.05, 0) is 26.3 Å². The molecule has 3 nitrogen and oxygen atoms in total. The van der Waals surface area contributed by atoms with E-state index in [1.165, 1.54) is 0 Å². The average Bonchev–Trinajstić information content (AvgIpc) is 2.42. The summed E-state index contributed by atoms with van der Waals surface area (Å²) in [5, 5.41) is 9.90. The molecule has 2 saturated heterocycles. The van der Waals surface area contributed by atoms with Crippen molar-refractivity contribution in [1.82, 2.24) is 9.80 Å². The molecule has 0 aliphatic carbocycles. The first-order valence-corrected chi connectivity index (χ1v) is 5.72. The molecule has 2 unspecified atom stereocenters. The first-order valence-electron chi connectivity index (χ1n) is 5.72. The molecule has 0 bridgehead atoms. The summed E-state index contributed by atoms with van der Waals surface area (Å²) in [6.45, 7) is 7.87. The van der Waals surface area contributed by atoms with Crippen LogP contribution in [0.3, 0.4) is 0 Å². The summed E-state index contributed by atoms with van der Waals surface area (Å²) < 4.78 is 0. The highest BCUT2D eigenvalue weighted by Gasteiger charge is 2.39. The molecule has 0 amide bonds. The van der Waals surface area contributed by atoms with Gasteiger partial charge in [0, 0.05) is 31.7 Å². The summed E-state index contributed by atoms with van der Waals surface area (Å²) in [4.78, 5) is 4.86. The van der Waals surface area contributed by atoms with Crippen molar-refractivity contribution in [3.05, 3.63) is 0 Å². The van der Waals surface area contributed by atoms with Crippen LogP contribution in [0.2, 0.25) is 0 Å². The van der Waals surface area contributed by atoms with Crippen molar-refractivity contribution in [3.8, 4) is 0 Å². The van der Waals surface area contributed by atoms with Gasteiger partial charge in [0.15, 0.2) is 0 Å². The molecule has 14 heavy (non-hydrogen) atoms. The van der Waals surface area contributed by atoms with Gasteiger partial charge in [0.05, 0.1) is 6.10 Å². The molecule has 2 aliphatic rings. The maximum Gasteiger partial charge on any atom is 0.0720 e. The number of aliphatic hydroxyl groups excluding tert-OH is 1. The van der Waals surface area contributed by atoms with Crippen LogP contribution in [0.15, 0.2) is 0 Å². The number of aliphatic hydroxyl groups is 1. The van der Waals surface area contributed by atoms with Gasteiger partial charge in [-0.15, -0.1) is 0 Å². The van der Waals surface area contributed by atoms with Crippen molar-refractivity contribution in [2.75, 3.05) is 26.7 Å². The first-order chi connectivity index (χ1) is 6.59. The van der Waals surface area contributed by atoms with Crippen LogP contribution in [0.25, 0.3) is 0 Å². The molecule has 0 aromatic carbocycles. The molecule has 0 aromatic heterocycles. The molecule has 2 rings (SSSR count). The van der Waals surface area contributed by atoms with Crippen LogP contribution < -0.4 is 0 Å². The van der Waals surface area contributed by atoms with Crippen LogP contribution in [0.1, 0.15) is 20.3 Å². The fourth-order valence-corrected chi connectivity index (χ4v) is 2.96. The Morgan fingerprint density at radius 3 is 2.64 bits per heavy atom. The minimum absolute atomic E-state index is 0.106. The number of nitrogens with zero attached hydrogens (tertiary/aromatic N) is 2.